The van der Waals surface area contributed by atoms with Crippen molar-refractivity contribution in [3.63, 3.8) is 0 Å². The van der Waals surface area contributed by atoms with Crippen LogP contribution in [-0.2, 0) is 11.3 Å². The molecule has 32 heavy (non-hydrogen) atoms. The van der Waals surface area contributed by atoms with Gasteiger partial charge in [0, 0.05) is 35.5 Å². The number of para-hydroxylation sites is 1. The average Bonchev–Trinajstić information content (AvgIpc) is 3.10. The molecule has 1 unspecified atom stereocenters. The number of rotatable bonds is 8. The standard InChI is InChI=1S/C26H30N4O2/c1-5-18(2)28-26(32)22-11-9-10-21(16-22)17-27-25(31)15-14-24-19(3)29-30(20(24)4)23-12-7-6-8-13-23/h6-16,18H,5,17H2,1-4H3,(H,27,31)(H,28,32)/b15-14+. The van der Waals surface area contributed by atoms with Gasteiger partial charge in [-0.3, -0.25) is 9.59 Å². The second-order valence-corrected chi connectivity index (χ2v) is 7.87. The third-order valence-corrected chi connectivity index (χ3v) is 5.40. The average molecular weight is 431 g/mol. The molecule has 0 saturated heterocycles. The molecule has 2 aromatic carbocycles. The number of nitrogens with zero attached hydrogens (tertiary/aromatic N) is 2. The zero-order chi connectivity index (χ0) is 23.1. The molecule has 0 radical (unpaired) electrons. The van der Waals surface area contributed by atoms with Crippen LogP contribution < -0.4 is 10.6 Å². The van der Waals surface area contributed by atoms with Crippen molar-refractivity contribution < 1.29 is 9.59 Å². The third-order valence-electron chi connectivity index (χ3n) is 5.40. The summed E-state index contributed by atoms with van der Waals surface area (Å²) in [5, 5.41) is 10.4. The summed E-state index contributed by atoms with van der Waals surface area (Å²) >= 11 is 0. The van der Waals surface area contributed by atoms with Crippen molar-refractivity contribution in [1.82, 2.24) is 20.4 Å². The predicted octanol–water partition coefficient (Wildman–Crippen LogP) is 4.35. The lowest BCUT2D eigenvalue weighted by molar-refractivity contribution is -0.116. The maximum atomic E-state index is 12.4. The van der Waals surface area contributed by atoms with Crippen LogP contribution in [0.3, 0.4) is 0 Å². The third kappa shape index (κ3) is 5.72. The van der Waals surface area contributed by atoms with E-state index in [1.54, 1.807) is 18.2 Å². The molecule has 6 heteroatoms. The van der Waals surface area contributed by atoms with Crippen molar-refractivity contribution >= 4 is 17.9 Å². The highest BCUT2D eigenvalue weighted by molar-refractivity contribution is 5.94. The van der Waals surface area contributed by atoms with Gasteiger partial charge in [0.05, 0.1) is 11.4 Å². The van der Waals surface area contributed by atoms with Crippen LogP contribution in [-0.4, -0.2) is 27.6 Å². The fourth-order valence-corrected chi connectivity index (χ4v) is 3.36. The summed E-state index contributed by atoms with van der Waals surface area (Å²) in [5.74, 6) is -0.306. The number of carbonyl (C=O) groups excluding carboxylic acids is 2. The monoisotopic (exact) mass is 430 g/mol. The summed E-state index contributed by atoms with van der Waals surface area (Å²) in [7, 11) is 0. The van der Waals surface area contributed by atoms with Gasteiger partial charge in [-0.05, 0) is 63.1 Å². The molecule has 0 aliphatic heterocycles. The molecule has 0 spiro atoms. The van der Waals surface area contributed by atoms with Gasteiger partial charge in [-0.1, -0.05) is 37.3 Å². The van der Waals surface area contributed by atoms with E-state index in [1.807, 2.05) is 74.8 Å². The number of hydrogen-bond donors (Lipinski definition) is 2. The molecule has 2 N–H and O–H groups in total. The zero-order valence-corrected chi connectivity index (χ0v) is 19.1. The summed E-state index contributed by atoms with van der Waals surface area (Å²) in [5.41, 5.74) is 5.19. The summed E-state index contributed by atoms with van der Waals surface area (Å²) in [6.45, 7) is 8.26. The van der Waals surface area contributed by atoms with Crippen LogP contribution in [0.15, 0.2) is 60.7 Å². The minimum Gasteiger partial charge on any atom is -0.350 e. The number of hydrogen-bond acceptors (Lipinski definition) is 3. The Bertz CT molecular complexity index is 1120. The zero-order valence-electron chi connectivity index (χ0n) is 19.1. The lowest BCUT2D eigenvalue weighted by Gasteiger charge is -2.12. The van der Waals surface area contributed by atoms with E-state index in [2.05, 4.69) is 15.7 Å². The molecular weight excluding hydrogens is 400 g/mol. The van der Waals surface area contributed by atoms with Gasteiger partial charge in [-0.15, -0.1) is 0 Å². The first-order valence-electron chi connectivity index (χ1n) is 10.9. The van der Waals surface area contributed by atoms with Crippen molar-refractivity contribution in [3.8, 4) is 5.69 Å². The molecule has 1 aromatic heterocycles. The molecule has 166 valence electrons. The number of aromatic nitrogens is 2. The highest BCUT2D eigenvalue weighted by Gasteiger charge is 2.11. The predicted molar refractivity (Wildman–Crippen MR) is 128 cm³/mol. The Morgan fingerprint density at radius 2 is 1.84 bits per heavy atom. The Morgan fingerprint density at radius 3 is 2.56 bits per heavy atom. The molecule has 0 fully saturated rings. The van der Waals surface area contributed by atoms with Crippen molar-refractivity contribution in [2.45, 2.75) is 46.7 Å². The van der Waals surface area contributed by atoms with Crippen LogP contribution in [0.1, 0.15) is 53.1 Å². The van der Waals surface area contributed by atoms with E-state index in [1.165, 1.54) is 6.08 Å². The minimum atomic E-state index is -0.203. The van der Waals surface area contributed by atoms with Crippen LogP contribution in [0.5, 0.6) is 0 Å². The van der Waals surface area contributed by atoms with Crippen molar-refractivity contribution in [2.75, 3.05) is 0 Å². The van der Waals surface area contributed by atoms with Crippen molar-refractivity contribution in [3.05, 3.63) is 88.8 Å². The van der Waals surface area contributed by atoms with Crippen LogP contribution in [0, 0.1) is 13.8 Å². The van der Waals surface area contributed by atoms with Crippen LogP contribution >= 0.6 is 0 Å². The first-order valence-corrected chi connectivity index (χ1v) is 10.9. The molecule has 0 aliphatic rings. The van der Waals surface area contributed by atoms with E-state index in [9.17, 15) is 9.59 Å². The summed E-state index contributed by atoms with van der Waals surface area (Å²) < 4.78 is 1.88. The molecule has 1 heterocycles. The second kappa shape index (κ2) is 10.6. The number of carbonyl (C=O) groups is 2. The Labute approximate surface area is 189 Å². The minimum absolute atomic E-state index is 0.103. The highest BCUT2D eigenvalue weighted by atomic mass is 16.2. The number of amides is 2. The molecule has 6 nitrogen and oxygen atoms in total. The molecule has 0 saturated carbocycles. The van der Waals surface area contributed by atoms with Crippen LogP contribution in [0.2, 0.25) is 0 Å². The second-order valence-electron chi connectivity index (χ2n) is 7.87. The summed E-state index contributed by atoms with van der Waals surface area (Å²) in [6.07, 6.45) is 4.19. The quantitative estimate of drug-likeness (QED) is 0.522. The molecule has 0 bridgehead atoms. The fraction of sp³-hybridized carbons (Fsp3) is 0.269. The van der Waals surface area contributed by atoms with Crippen molar-refractivity contribution in [1.29, 1.82) is 0 Å². The highest BCUT2D eigenvalue weighted by Crippen LogP contribution is 2.19. The van der Waals surface area contributed by atoms with Gasteiger partial charge >= 0.3 is 0 Å². The molecular formula is C26H30N4O2. The molecule has 1 atom stereocenters. The Kier molecular flexibility index (Phi) is 7.60. The first kappa shape index (κ1) is 23.0. The largest absolute Gasteiger partial charge is 0.350 e. The van der Waals surface area contributed by atoms with Gasteiger partial charge in [0.15, 0.2) is 0 Å². The smallest absolute Gasteiger partial charge is 0.251 e. The first-order chi connectivity index (χ1) is 15.4. The molecule has 2 amide bonds. The van der Waals surface area contributed by atoms with Gasteiger partial charge < -0.3 is 10.6 Å². The Morgan fingerprint density at radius 1 is 1.09 bits per heavy atom. The lowest BCUT2D eigenvalue weighted by atomic mass is 10.1. The molecule has 3 rings (SSSR count). The SMILES string of the molecule is CCC(C)NC(=O)c1cccc(CNC(=O)/C=C/c2c(C)nn(-c3ccccc3)c2C)c1. The molecule has 3 aromatic rings. The van der Waals surface area contributed by atoms with E-state index in [0.29, 0.717) is 12.1 Å². The normalized spacial score (nSPS) is 12.0. The summed E-state index contributed by atoms with van der Waals surface area (Å²) in [6, 6.07) is 17.3. The van der Waals surface area contributed by atoms with Gasteiger partial charge in [0.25, 0.3) is 5.91 Å². The maximum absolute atomic E-state index is 12.4. The number of nitrogens with one attached hydrogen (secondary N) is 2. The van der Waals surface area contributed by atoms with E-state index >= 15 is 0 Å². The topological polar surface area (TPSA) is 76.0 Å². The molecule has 0 aliphatic carbocycles. The van der Waals surface area contributed by atoms with E-state index in [-0.39, 0.29) is 17.9 Å². The summed E-state index contributed by atoms with van der Waals surface area (Å²) in [4.78, 5) is 24.7. The van der Waals surface area contributed by atoms with E-state index in [0.717, 1.165) is 34.6 Å². The number of benzene rings is 2. The Hall–Kier alpha value is -3.67. The van der Waals surface area contributed by atoms with Gasteiger partial charge in [0.1, 0.15) is 0 Å². The number of aryl methyl sites for hydroxylation is 1. The van der Waals surface area contributed by atoms with Crippen molar-refractivity contribution in [2.24, 2.45) is 0 Å². The van der Waals surface area contributed by atoms with Gasteiger partial charge in [-0.25, -0.2) is 4.68 Å². The van der Waals surface area contributed by atoms with Crippen LogP contribution in [0.25, 0.3) is 11.8 Å². The van der Waals surface area contributed by atoms with Gasteiger partial charge in [0.2, 0.25) is 5.91 Å². The lowest BCUT2D eigenvalue weighted by Crippen LogP contribution is -2.32. The van der Waals surface area contributed by atoms with Crippen LogP contribution in [0.4, 0.5) is 0 Å². The van der Waals surface area contributed by atoms with Gasteiger partial charge in [-0.2, -0.15) is 5.10 Å². The fourth-order valence-electron chi connectivity index (χ4n) is 3.36. The van der Waals surface area contributed by atoms with E-state index < -0.39 is 0 Å². The van der Waals surface area contributed by atoms with E-state index in [4.69, 9.17) is 0 Å². The maximum Gasteiger partial charge on any atom is 0.251 e. The Balaban J connectivity index is 1.63.